The molecule has 2 rings (SSSR count). The topological polar surface area (TPSA) is 0 Å². The Morgan fingerprint density at radius 1 is 1.21 bits per heavy atom. The van der Waals surface area contributed by atoms with Crippen LogP contribution in [0.1, 0.15) is 17.3 Å². The lowest BCUT2D eigenvalue weighted by molar-refractivity contribution is 0.420. The van der Waals surface area contributed by atoms with Crippen LogP contribution in [-0.4, -0.2) is 8.07 Å². The first-order valence-corrected chi connectivity index (χ1v) is 8.46. The predicted molar refractivity (Wildman–Crippen MR) is 62.3 cm³/mol. The van der Waals surface area contributed by atoms with E-state index in [-0.39, 0.29) is 0 Å². The maximum absolute atomic E-state index is 13.4. The van der Waals surface area contributed by atoms with E-state index in [1.165, 1.54) is 5.19 Å². The second kappa shape index (κ2) is 3.06. The summed E-state index contributed by atoms with van der Waals surface area (Å²) in [6, 6.07) is 6.02. The van der Waals surface area contributed by atoms with Gasteiger partial charge in [-0.2, -0.15) is 0 Å². The molecule has 0 radical (unpaired) electrons. The minimum Gasteiger partial charge on any atom is -0.238 e. The molecular formula is C12H15FSi. The van der Waals surface area contributed by atoms with Crippen LogP contribution in [0.5, 0.6) is 0 Å². The van der Waals surface area contributed by atoms with Gasteiger partial charge in [0.1, 0.15) is 6.17 Å². The number of benzene rings is 1. The molecule has 0 aromatic heterocycles. The third-order valence-corrected chi connectivity index (χ3v) is 4.73. The molecule has 1 aliphatic carbocycles. The quantitative estimate of drug-likeness (QED) is 0.619. The molecule has 0 heterocycles. The molecule has 0 amide bonds. The molecule has 0 bridgehead atoms. The van der Waals surface area contributed by atoms with E-state index in [1.807, 2.05) is 18.2 Å². The lowest BCUT2D eigenvalue weighted by atomic mass is 10.1. The van der Waals surface area contributed by atoms with E-state index in [0.717, 1.165) is 11.1 Å². The third kappa shape index (κ3) is 1.44. The van der Waals surface area contributed by atoms with E-state index in [0.29, 0.717) is 0 Å². The molecule has 1 aromatic carbocycles. The monoisotopic (exact) mass is 206 g/mol. The van der Waals surface area contributed by atoms with Gasteiger partial charge in [-0.15, -0.1) is 0 Å². The Kier molecular flexibility index (Phi) is 2.11. The summed E-state index contributed by atoms with van der Waals surface area (Å²) >= 11 is 0. The minimum absolute atomic E-state index is 0.852. The largest absolute Gasteiger partial charge is 0.238 e. The van der Waals surface area contributed by atoms with Gasteiger partial charge in [-0.05, 0) is 17.2 Å². The van der Waals surface area contributed by atoms with Crippen LogP contribution >= 0.6 is 0 Å². The molecule has 1 atom stereocenters. The van der Waals surface area contributed by atoms with Crippen molar-refractivity contribution in [2.75, 3.05) is 0 Å². The summed E-state index contributed by atoms with van der Waals surface area (Å²) in [5.74, 6) is 0. The van der Waals surface area contributed by atoms with Gasteiger partial charge in [-0.1, -0.05) is 49.1 Å². The highest BCUT2D eigenvalue weighted by Crippen LogP contribution is 2.30. The molecule has 0 nitrogen and oxygen atoms in total. The first-order valence-electron chi connectivity index (χ1n) is 4.96. The lowest BCUT2D eigenvalue weighted by Crippen LogP contribution is -2.39. The molecule has 74 valence electrons. The highest BCUT2D eigenvalue weighted by atomic mass is 28.3. The zero-order chi connectivity index (χ0) is 10.3. The zero-order valence-electron chi connectivity index (χ0n) is 8.84. The first-order chi connectivity index (χ1) is 6.50. The molecule has 0 spiro atoms. The van der Waals surface area contributed by atoms with Crippen molar-refractivity contribution < 1.29 is 4.39 Å². The predicted octanol–water partition coefficient (Wildman–Crippen LogP) is 3.27. The number of rotatable bonds is 1. The highest BCUT2D eigenvalue weighted by Gasteiger charge is 2.25. The molecule has 0 N–H and O–H groups in total. The van der Waals surface area contributed by atoms with Crippen molar-refractivity contribution in [3.63, 3.8) is 0 Å². The molecule has 0 saturated carbocycles. The van der Waals surface area contributed by atoms with Gasteiger partial charge >= 0.3 is 0 Å². The zero-order valence-corrected chi connectivity index (χ0v) is 9.84. The fourth-order valence-electron chi connectivity index (χ4n) is 1.95. The smallest absolute Gasteiger partial charge is 0.144 e. The van der Waals surface area contributed by atoms with E-state index in [4.69, 9.17) is 0 Å². The average molecular weight is 206 g/mol. The molecule has 14 heavy (non-hydrogen) atoms. The normalized spacial score (nSPS) is 19.9. The number of hydrogen-bond donors (Lipinski definition) is 0. The second-order valence-electron chi connectivity index (χ2n) is 4.82. The van der Waals surface area contributed by atoms with E-state index in [1.54, 1.807) is 6.08 Å². The van der Waals surface area contributed by atoms with E-state index in [9.17, 15) is 4.39 Å². The fourth-order valence-corrected chi connectivity index (χ4v) is 3.58. The molecule has 0 fully saturated rings. The lowest BCUT2D eigenvalue weighted by Gasteiger charge is -2.20. The van der Waals surface area contributed by atoms with Crippen LogP contribution in [0.15, 0.2) is 24.3 Å². The number of fused-ring (bicyclic) bond motifs is 1. The maximum Gasteiger partial charge on any atom is 0.144 e. The maximum atomic E-state index is 13.4. The van der Waals surface area contributed by atoms with Crippen molar-refractivity contribution in [2.45, 2.75) is 25.8 Å². The second-order valence-corrected chi connectivity index (χ2v) is 9.86. The van der Waals surface area contributed by atoms with Crippen LogP contribution in [0.2, 0.25) is 19.6 Å². The average Bonchev–Trinajstić information content (AvgIpc) is 2.46. The van der Waals surface area contributed by atoms with Crippen molar-refractivity contribution >= 4 is 19.3 Å². The Labute approximate surface area is 85.5 Å². The summed E-state index contributed by atoms with van der Waals surface area (Å²) in [6.07, 6.45) is 2.70. The SMILES string of the molecule is C[Si](C)(C)c1cccc2c1C=CC2F. The fraction of sp³-hybridized carbons (Fsp3) is 0.333. The molecule has 1 unspecified atom stereocenters. The number of hydrogen-bond acceptors (Lipinski definition) is 0. The summed E-state index contributed by atoms with van der Waals surface area (Å²) in [6.45, 7) is 6.88. The van der Waals surface area contributed by atoms with Crippen LogP contribution in [0, 0.1) is 0 Å². The standard InChI is InChI=1S/C12H15FSi/c1-14(2,3)12-6-4-5-9-10(12)7-8-11(9)13/h4-8,11H,1-3H3. The Hall–Kier alpha value is -0.893. The third-order valence-electron chi connectivity index (χ3n) is 2.68. The van der Waals surface area contributed by atoms with Crippen LogP contribution in [0.4, 0.5) is 4.39 Å². The Bertz CT molecular complexity index is 388. The van der Waals surface area contributed by atoms with Crippen molar-refractivity contribution in [3.8, 4) is 0 Å². The van der Waals surface area contributed by atoms with Crippen LogP contribution in [0.25, 0.3) is 6.08 Å². The van der Waals surface area contributed by atoms with Crippen molar-refractivity contribution in [1.29, 1.82) is 0 Å². The number of alkyl halides is 1. The van der Waals surface area contributed by atoms with Crippen LogP contribution in [-0.2, 0) is 0 Å². The Balaban J connectivity index is 2.60. The first kappa shape index (κ1) is 9.65. The Morgan fingerprint density at radius 3 is 2.57 bits per heavy atom. The molecule has 0 saturated heterocycles. The van der Waals surface area contributed by atoms with Gasteiger partial charge in [0, 0.05) is 0 Å². The van der Waals surface area contributed by atoms with Crippen molar-refractivity contribution in [3.05, 3.63) is 35.4 Å². The summed E-state index contributed by atoms with van der Waals surface area (Å²) in [7, 11) is -1.34. The van der Waals surface area contributed by atoms with Gasteiger partial charge in [-0.25, -0.2) is 4.39 Å². The molecule has 0 aliphatic heterocycles. The van der Waals surface area contributed by atoms with Gasteiger partial charge < -0.3 is 0 Å². The molecule has 1 aliphatic rings. The van der Waals surface area contributed by atoms with Crippen LogP contribution in [0.3, 0.4) is 0 Å². The summed E-state index contributed by atoms with van der Waals surface area (Å²) in [5, 5.41) is 1.37. The summed E-state index contributed by atoms with van der Waals surface area (Å²) < 4.78 is 13.4. The highest BCUT2D eigenvalue weighted by molar-refractivity contribution is 6.89. The Morgan fingerprint density at radius 2 is 1.93 bits per heavy atom. The van der Waals surface area contributed by atoms with Gasteiger partial charge in [0.05, 0.1) is 8.07 Å². The van der Waals surface area contributed by atoms with Gasteiger partial charge in [0.15, 0.2) is 0 Å². The van der Waals surface area contributed by atoms with E-state index >= 15 is 0 Å². The summed E-state index contributed by atoms with van der Waals surface area (Å²) in [5.41, 5.74) is 1.99. The molecule has 2 heteroatoms. The van der Waals surface area contributed by atoms with E-state index < -0.39 is 14.2 Å². The molecule has 1 aromatic rings. The number of allylic oxidation sites excluding steroid dienone is 1. The van der Waals surface area contributed by atoms with E-state index in [2.05, 4.69) is 25.7 Å². The number of halogens is 1. The molecular weight excluding hydrogens is 191 g/mol. The minimum atomic E-state index is -1.34. The van der Waals surface area contributed by atoms with Crippen molar-refractivity contribution in [2.24, 2.45) is 0 Å². The van der Waals surface area contributed by atoms with Gasteiger partial charge in [0.25, 0.3) is 0 Å². The summed E-state index contributed by atoms with van der Waals surface area (Å²) in [4.78, 5) is 0. The van der Waals surface area contributed by atoms with Gasteiger partial charge in [0.2, 0.25) is 0 Å². The van der Waals surface area contributed by atoms with Crippen molar-refractivity contribution in [1.82, 2.24) is 0 Å². The van der Waals surface area contributed by atoms with Crippen LogP contribution < -0.4 is 5.19 Å². The van der Waals surface area contributed by atoms with Gasteiger partial charge in [-0.3, -0.25) is 0 Å².